The molecule has 0 saturated carbocycles. The van der Waals surface area contributed by atoms with Gasteiger partial charge in [0.1, 0.15) is 11.4 Å². The van der Waals surface area contributed by atoms with Gasteiger partial charge in [-0.15, -0.1) is 24.9 Å². The van der Waals surface area contributed by atoms with Crippen molar-refractivity contribution in [2.45, 2.75) is 17.7 Å². The van der Waals surface area contributed by atoms with Gasteiger partial charge in [0.25, 0.3) is 0 Å². The Morgan fingerprint density at radius 2 is 2.07 bits per heavy atom. The summed E-state index contributed by atoms with van der Waals surface area (Å²) in [5.74, 6) is 2.02. The highest BCUT2D eigenvalue weighted by Crippen LogP contribution is 2.38. The maximum atomic E-state index is 5.97. The third-order valence-corrected chi connectivity index (χ3v) is 6.04. The zero-order valence-electron chi connectivity index (χ0n) is 16.0. The highest BCUT2D eigenvalue weighted by molar-refractivity contribution is 7.99. The van der Waals surface area contributed by atoms with Crippen LogP contribution >= 0.6 is 11.8 Å². The smallest absolute Gasteiger partial charge is 0.122 e. The van der Waals surface area contributed by atoms with Gasteiger partial charge in [0.15, 0.2) is 0 Å². The molecule has 0 fully saturated rings. The molecule has 2 aromatic heterocycles. The second kappa shape index (κ2) is 8.71. The summed E-state index contributed by atoms with van der Waals surface area (Å²) in [5.41, 5.74) is 4.42. The number of aryl methyl sites for hydroxylation is 1. The molecular formula is C22H26N4OS. The first kappa shape index (κ1) is 18.9. The molecule has 4 rings (SSSR count). The zero-order chi connectivity index (χ0) is 19.3. The second-order valence-electron chi connectivity index (χ2n) is 6.95. The van der Waals surface area contributed by atoms with Gasteiger partial charge in [-0.2, -0.15) is 5.10 Å². The minimum atomic E-state index is 0.688. The van der Waals surface area contributed by atoms with Crippen LogP contribution in [0, 0.1) is 0 Å². The first-order chi connectivity index (χ1) is 13.8. The molecule has 0 atom stereocenters. The van der Waals surface area contributed by atoms with E-state index in [0.29, 0.717) is 6.61 Å². The van der Waals surface area contributed by atoms with Crippen molar-refractivity contribution < 1.29 is 4.74 Å². The first-order valence-electron chi connectivity index (χ1n) is 9.68. The van der Waals surface area contributed by atoms with E-state index in [9.17, 15) is 0 Å². The molecule has 3 aromatic rings. The van der Waals surface area contributed by atoms with Crippen molar-refractivity contribution in [3.05, 3.63) is 55.3 Å². The van der Waals surface area contributed by atoms with Crippen molar-refractivity contribution in [1.29, 1.82) is 0 Å². The molecule has 0 bridgehead atoms. The van der Waals surface area contributed by atoms with Crippen LogP contribution in [0.25, 0.3) is 22.3 Å². The van der Waals surface area contributed by atoms with Gasteiger partial charge in [-0.05, 0) is 31.0 Å². The number of nitrogens with zero attached hydrogens (tertiary/aromatic N) is 2. The van der Waals surface area contributed by atoms with Crippen LogP contribution in [0.1, 0.15) is 12.1 Å². The monoisotopic (exact) mass is 394 g/mol. The molecule has 0 saturated heterocycles. The van der Waals surface area contributed by atoms with Crippen molar-refractivity contribution in [3.63, 3.8) is 0 Å². The van der Waals surface area contributed by atoms with Crippen LogP contribution in [0.3, 0.4) is 0 Å². The van der Waals surface area contributed by atoms with E-state index < -0.39 is 0 Å². The minimum Gasteiger partial charge on any atom is -0.493 e. The largest absolute Gasteiger partial charge is 0.493 e. The molecule has 0 unspecified atom stereocenters. The van der Waals surface area contributed by atoms with E-state index in [0.717, 1.165) is 60.9 Å². The second-order valence-corrected chi connectivity index (χ2v) is 8.05. The maximum absolute atomic E-state index is 5.97. The van der Waals surface area contributed by atoms with Gasteiger partial charge in [-0.3, -0.25) is 10.00 Å². The predicted octanol–water partition coefficient (Wildman–Crippen LogP) is 4.65. The van der Waals surface area contributed by atoms with Gasteiger partial charge < -0.3 is 9.72 Å². The lowest BCUT2D eigenvalue weighted by Crippen LogP contribution is -2.26. The topological polar surface area (TPSA) is 56.9 Å². The number of aromatic nitrogens is 3. The molecule has 2 N–H and O–H groups in total. The lowest BCUT2D eigenvalue weighted by atomic mass is 10.2. The van der Waals surface area contributed by atoms with E-state index in [1.54, 1.807) is 0 Å². The Morgan fingerprint density at radius 3 is 2.89 bits per heavy atom. The molecule has 3 heterocycles. The third-order valence-electron chi connectivity index (χ3n) is 4.90. The number of benzene rings is 1. The molecule has 1 aromatic carbocycles. The van der Waals surface area contributed by atoms with E-state index >= 15 is 0 Å². The van der Waals surface area contributed by atoms with Gasteiger partial charge in [0.05, 0.1) is 22.9 Å². The molecule has 6 heteroatoms. The molecule has 0 amide bonds. The molecule has 0 radical (unpaired) electrons. The predicted molar refractivity (Wildman–Crippen MR) is 117 cm³/mol. The lowest BCUT2D eigenvalue weighted by Gasteiger charge is -2.18. The average molecular weight is 395 g/mol. The Morgan fingerprint density at radius 1 is 1.21 bits per heavy atom. The number of fused-ring (bicyclic) bond motifs is 2. The fraction of sp³-hybridized carbons (Fsp3) is 0.318. The number of H-pyrrole nitrogens is 2. The number of nitrogens with one attached hydrogen (secondary N) is 2. The molecule has 0 spiro atoms. The van der Waals surface area contributed by atoms with Crippen molar-refractivity contribution >= 4 is 22.7 Å². The van der Waals surface area contributed by atoms with Crippen molar-refractivity contribution in [2.75, 3.05) is 32.0 Å². The zero-order valence-corrected chi connectivity index (χ0v) is 16.9. The average Bonchev–Trinajstić information content (AvgIpc) is 3.40. The van der Waals surface area contributed by atoms with E-state index in [-0.39, 0.29) is 0 Å². The summed E-state index contributed by atoms with van der Waals surface area (Å²) < 4.78 is 5.97. The summed E-state index contributed by atoms with van der Waals surface area (Å²) in [5, 5.41) is 8.85. The molecule has 1 aliphatic heterocycles. The van der Waals surface area contributed by atoms with Crippen molar-refractivity contribution in [1.82, 2.24) is 20.1 Å². The van der Waals surface area contributed by atoms with Crippen molar-refractivity contribution in [3.8, 4) is 17.1 Å². The fourth-order valence-corrected chi connectivity index (χ4v) is 4.68. The van der Waals surface area contributed by atoms with E-state index in [2.05, 4.69) is 51.4 Å². The van der Waals surface area contributed by atoms with Crippen LogP contribution in [-0.2, 0) is 6.42 Å². The molecular weight excluding hydrogens is 368 g/mol. The molecule has 1 aliphatic rings. The van der Waals surface area contributed by atoms with Crippen LogP contribution in [-0.4, -0.2) is 52.1 Å². The van der Waals surface area contributed by atoms with Gasteiger partial charge in [0.2, 0.25) is 0 Å². The summed E-state index contributed by atoms with van der Waals surface area (Å²) in [6, 6.07) is 8.38. The summed E-state index contributed by atoms with van der Waals surface area (Å²) in [7, 11) is 0. The summed E-state index contributed by atoms with van der Waals surface area (Å²) in [6.07, 6.45) is 5.89. The van der Waals surface area contributed by atoms with Crippen LogP contribution in [0.15, 0.2) is 54.5 Å². The number of hydrogen-bond acceptors (Lipinski definition) is 4. The van der Waals surface area contributed by atoms with Gasteiger partial charge in [-0.1, -0.05) is 12.2 Å². The van der Waals surface area contributed by atoms with Gasteiger partial charge in [0, 0.05) is 42.4 Å². The van der Waals surface area contributed by atoms with Gasteiger partial charge in [-0.25, -0.2) is 0 Å². The highest BCUT2D eigenvalue weighted by Gasteiger charge is 2.21. The molecule has 0 aliphatic carbocycles. The Kier molecular flexibility index (Phi) is 5.88. The number of thioether (sulfide) groups is 1. The highest BCUT2D eigenvalue weighted by atomic mass is 32.2. The lowest BCUT2D eigenvalue weighted by molar-refractivity contribution is 0.262. The SMILES string of the molecule is C=CCN(CC=C)CCCOc1ccc2cc(-c3n[nH]c4c3SCC4)[nH]c2c1. The normalized spacial score (nSPS) is 13.2. The summed E-state index contributed by atoms with van der Waals surface area (Å²) in [6.45, 7) is 11.0. The molecule has 146 valence electrons. The number of ether oxygens (including phenoxy) is 1. The number of rotatable bonds is 10. The Labute approximate surface area is 169 Å². The Balaban J connectivity index is 1.39. The summed E-state index contributed by atoms with van der Waals surface area (Å²) >= 11 is 1.88. The molecule has 5 nitrogen and oxygen atoms in total. The van der Waals surface area contributed by atoms with Gasteiger partial charge >= 0.3 is 0 Å². The molecule has 28 heavy (non-hydrogen) atoms. The quantitative estimate of drug-likeness (QED) is 0.388. The minimum absolute atomic E-state index is 0.688. The fourth-order valence-electron chi connectivity index (χ4n) is 3.55. The Hall–Kier alpha value is -2.44. The summed E-state index contributed by atoms with van der Waals surface area (Å²) in [4.78, 5) is 7.08. The number of hydrogen-bond donors (Lipinski definition) is 2. The van der Waals surface area contributed by atoms with Crippen LogP contribution in [0.2, 0.25) is 0 Å². The van der Waals surface area contributed by atoms with E-state index in [4.69, 9.17) is 4.74 Å². The standard InChI is InChI=1S/C22H26N4OS/c1-3-9-26(10-4-2)11-5-12-27-17-7-6-16-14-20(23-19(16)15-17)21-22-18(24-25-21)8-13-28-22/h3-4,6-7,14-15,23H,1-2,5,8-13H2,(H,24,25). The van der Waals surface area contributed by atoms with Crippen LogP contribution in [0.5, 0.6) is 5.75 Å². The first-order valence-corrected chi connectivity index (χ1v) is 10.7. The van der Waals surface area contributed by atoms with E-state index in [1.165, 1.54) is 16.0 Å². The maximum Gasteiger partial charge on any atom is 0.122 e. The third kappa shape index (κ3) is 4.03. The van der Waals surface area contributed by atoms with Crippen LogP contribution < -0.4 is 4.74 Å². The van der Waals surface area contributed by atoms with E-state index in [1.807, 2.05) is 30.0 Å². The Bertz CT molecular complexity index is 964. The van der Waals surface area contributed by atoms with Crippen molar-refractivity contribution in [2.24, 2.45) is 0 Å². The number of aromatic amines is 2. The van der Waals surface area contributed by atoms with Crippen LogP contribution in [0.4, 0.5) is 0 Å².